The van der Waals surface area contributed by atoms with Crippen molar-refractivity contribution in [2.24, 2.45) is 5.92 Å². The van der Waals surface area contributed by atoms with Gasteiger partial charge in [-0.15, -0.1) is 0 Å². The molecule has 176 valence electrons. The molecule has 0 bridgehead atoms. The van der Waals surface area contributed by atoms with Crippen molar-refractivity contribution in [1.82, 2.24) is 20.5 Å². The summed E-state index contributed by atoms with van der Waals surface area (Å²) in [5, 5.41) is 7.03. The number of aromatic nitrogens is 1. The smallest absolute Gasteiger partial charge is 0.317 e. The fraction of sp³-hybridized carbons (Fsp3) is 0.393. The minimum absolute atomic E-state index is 0.0801. The van der Waals surface area contributed by atoms with Gasteiger partial charge < -0.3 is 15.5 Å². The maximum Gasteiger partial charge on any atom is 0.317 e. The van der Waals surface area contributed by atoms with Crippen molar-refractivity contribution in [3.8, 4) is 11.3 Å². The number of carbonyl (C=O) groups is 2. The van der Waals surface area contributed by atoms with Gasteiger partial charge in [-0.1, -0.05) is 67.8 Å². The van der Waals surface area contributed by atoms with Gasteiger partial charge in [-0.05, 0) is 31.7 Å². The number of rotatable bonds is 6. The Morgan fingerprint density at radius 1 is 1.09 bits per heavy atom. The van der Waals surface area contributed by atoms with Gasteiger partial charge in [0.2, 0.25) is 0 Å². The highest BCUT2D eigenvalue weighted by atomic mass is 16.2. The van der Waals surface area contributed by atoms with Crippen LogP contribution < -0.4 is 10.6 Å². The Bertz CT molecular complexity index is 1190. The van der Waals surface area contributed by atoms with Crippen molar-refractivity contribution < 1.29 is 9.59 Å². The van der Waals surface area contributed by atoms with Crippen molar-refractivity contribution >= 4 is 22.8 Å². The molecule has 1 aliphatic carbocycles. The van der Waals surface area contributed by atoms with E-state index in [-0.39, 0.29) is 18.0 Å². The largest absolute Gasteiger partial charge is 0.349 e. The average molecular weight is 457 g/mol. The third kappa shape index (κ3) is 4.49. The van der Waals surface area contributed by atoms with E-state index in [1.165, 1.54) is 19.3 Å². The van der Waals surface area contributed by atoms with E-state index in [0.29, 0.717) is 31.1 Å². The molecule has 2 aliphatic rings. The molecule has 2 aromatic carbocycles. The first-order chi connectivity index (χ1) is 16.6. The number of urea groups is 1. The number of fused-ring (bicyclic) bond motifs is 1. The SMILES string of the molecule is C[C@H](NC(=O)c1c(CN2CCNC2=O)c(-c2ccccc2)nc2ccccc12)C1CCCCC1. The minimum Gasteiger partial charge on any atom is -0.349 e. The topological polar surface area (TPSA) is 74.3 Å². The summed E-state index contributed by atoms with van der Waals surface area (Å²) < 4.78 is 0. The molecule has 1 aromatic heterocycles. The monoisotopic (exact) mass is 456 g/mol. The molecule has 1 atom stereocenters. The molecule has 34 heavy (non-hydrogen) atoms. The van der Waals surface area contributed by atoms with Gasteiger partial charge in [-0.25, -0.2) is 9.78 Å². The molecular weight excluding hydrogens is 424 g/mol. The number of pyridine rings is 1. The zero-order chi connectivity index (χ0) is 23.5. The second kappa shape index (κ2) is 9.84. The van der Waals surface area contributed by atoms with Gasteiger partial charge in [0.25, 0.3) is 5.91 Å². The maximum absolute atomic E-state index is 13.9. The van der Waals surface area contributed by atoms with E-state index >= 15 is 0 Å². The van der Waals surface area contributed by atoms with Crippen molar-refractivity contribution in [2.75, 3.05) is 13.1 Å². The number of amides is 3. The first kappa shape index (κ1) is 22.4. The summed E-state index contributed by atoms with van der Waals surface area (Å²) in [5.74, 6) is 0.427. The Morgan fingerprint density at radius 2 is 1.82 bits per heavy atom. The van der Waals surface area contributed by atoms with Crippen LogP contribution in [0.25, 0.3) is 22.2 Å². The lowest BCUT2D eigenvalue weighted by molar-refractivity contribution is 0.0919. The Kier molecular flexibility index (Phi) is 6.48. The van der Waals surface area contributed by atoms with Crippen LogP contribution in [0.3, 0.4) is 0 Å². The summed E-state index contributed by atoms with van der Waals surface area (Å²) >= 11 is 0. The fourth-order valence-corrected chi connectivity index (χ4v) is 5.38. The van der Waals surface area contributed by atoms with Gasteiger partial charge in [-0.2, -0.15) is 0 Å². The number of nitrogens with one attached hydrogen (secondary N) is 2. The van der Waals surface area contributed by atoms with Crippen LogP contribution in [0.15, 0.2) is 54.6 Å². The highest BCUT2D eigenvalue weighted by Gasteiger charge is 2.29. The Morgan fingerprint density at radius 3 is 2.56 bits per heavy atom. The van der Waals surface area contributed by atoms with Gasteiger partial charge in [0.05, 0.1) is 23.3 Å². The van der Waals surface area contributed by atoms with E-state index < -0.39 is 0 Å². The standard InChI is InChI=1S/C28H32N4O2/c1-19(20-10-4-2-5-11-20)30-27(33)25-22-14-8-9-15-24(22)31-26(21-12-6-3-7-13-21)23(25)18-32-17-16-29-28(32)34/h3,6-9,12-15,19-20H,2,4-5,10-11,16-18H2,1H3,(H,29,34)(H,30,33)/t19-/m0/s1. The molecule has 1 saturated heterocycles. The summed E-state index contributed by atoms with van der Waals surface area (Å²) in [4.78, 5) is 33.1. The number of benzene rings is 2. The molecule has 6 nitrogen and oxygen atoms in total. The van der Waals surface area contributed by atoms with E-state index in [2.05, 4.69) is 17.6 Å². The minimum atomic E-state index is -0.103. The van der Waals surface area contributed by atoms with Gasteiger partial charge in [0.15, 0.2) is 0 Å². The second-order valence-corrected chi connectivity index (χ2v) is 9.51. The van der Waals surface area contributed by atoms with E-state index in [0.717, 1.165) is 40.6 Å². The lowest BCUT2D eigenvalue weighted by atomic mass is 9.84. The van der Waals surface area contributed by atoms with Crippen molar-refractivity contribution in [3.05, 3.63) is 65.7 Å². The second-order valence-electron chi connectivity index (χ2n) is 9.51. The number of nitrogens with zero attached hydrogens (tertiary/aromatic N) is 2. The molecule has 2 fully saturated rings. The average Bonchev–Trinajstić information content (AvgIpc) is 3.28. The quantitative estimate of drug-likeness (QED) is 0.540. The van der Waals surface area contributed by atoms with Crippen LogP contribution in [0.2, 0.25) is 0 Å². The van der Waals surface area contributed by atoms with Crippen LogP contribution in [-0.2, 0) is 6.54 Å². The van der Waals surface area contributed by atoms with Crippen molar-refractivity contribution in [2.45, 2.75) is 51.6 Å². The first-order valence-electron chi connectivity index (χ1n) is 12.4. The Hall–Kier alpha value is -3.41. The van der Waals surface area contributed by atoms with Crippen LogP contribution in [0.1, 0.15) is 54.9 Å². The molecule has 0 spiro atoms. The third-order valence-corrected chi connectivity index (χ3v) is 7.28. The molecular formula is C28H32N4O2. The zero-order valence-corrected chi connectivity index (χ0v) is 19.7. The highest BCUT2D eigenvalue weighted by molar-refractivity contribution is 6.09. The van der Waals surface area contributed by atoms with Gasteiger partial charge in [0, 0.05) is 35.6 Å². The van der Waals surface area contributed by atoms with Crippen LogP contribution in [-0.4, -0.2) is 41.0 Å². The maximum atomic E-state index is 13.9. The highest BCUT2D eigenvalue weighted by Crippen LogP contribution is 2.32. The van der Waals surface area contributed by atoms with E-state index in [1.54, 1.807) is 4.90 Å². The van der Waals surface area contributed by atoms with Crippen molar-refractivity contribution in [3.63, 3.8) is 0 Å². The van der Waals surface area contributed by atoms with E-state index in [1.807, 2.05) is 54.6 Å². The number of para-hydroxylation sites is 1. The third-order valence-electron chi connectivity index (χ3n) is 7.28. The molecule has 2 N–H and O–H groups in total. The predicted molar refractivity (Wildman–Crippen MR) is 134 cm³/mol. The summed E-state index contributed by atoms with van der Waals surface area (Å²) in [7, 11) is 0. The molecule has 5 rings (SSSR count). The molecule has 0 radical (unpaired) electrons. The van der Waals surface area contributed by atoms with E-state index in [4.69, 9.17) is 4.98 Å². The molecule has 0 unspecified atom stereocenters. The lowest BCUT2D eigenvalue weighted by Gasteiger charge is -2.29. The van der Waals surface area contributed by atoms with E-state index in [9.17, 15) is 9.59 Å². The lowest BCUT2D eigenvalue weighted by Crippen LogP contribution is -2.40. The Balaban J connectivity index is 1.62. The summed E-state index contributed by atoms with van der Waals surface area (Å²) in [6.07, 6.45) is 6.07. The number of hydrogen-bond acceptors (Lipinski definition) is 3. The van der Waals surface area contributed by atoms with Gasteiger partial charge >= 0.3 is 6.03 Å². The van der Waals surface area contributed by atoms with Crippen LogP contribution in [0.4, 0.5) is 4.79 Å². The summed E-state index contributed by atoms with van der Waals surface area (Å²) in [6.45, 7) is 3.69. The van der Waals surface area contributed by atoms with Gasteiger partial charge in [-0.3, -0.25) is 4.79 Å². The summed E-state index contributed by atoms with van der Waals surface area (Å²) in [5.41, 5.74) is 3.92. The molecule has 3 amide bonds. The first-order valence-corrected chi connectivity index (χ1v) is 12.4. The molecule has 2 heterocycles. The van der Waals surface area contributed by atoms with Crippen LogP contribution >= 0.6 is 0 Å². The number of carbonyl (C=O) groups excluding carboxylic acids is 2. The zero-order valence-electron chi connectivity index (χ0n) is 19.7. The fourth-order valence-electron chi connectivity index (χ4n) is 5.38. The predicted octanol–water partition coefficient (Wildman–Crippen LogP) is 5.13. The van der Waals surface area contributed by atoms with Crippen molar-refractivity contribution in [1.29, 1.82) is 0 Å². The van der Waals surface area contributed by atoms with Crippen LogP contribution in [0, 0.1) is 5.92 Å². The normalized spacial score (nSPS) is 17.6. The molecule has 1 saturated carbocycles. The number of hydrogen-bond donors (Lipinski definition) is 2. The Labute approximate surface area is 200 Å². The molecule has 3 aromatic rings. The van der Waals surface area contributed by atoms with Gasteiger partial charge in [0.1, 0.15) is 0 Å². The molecule has 1 aliphatic heterocycles. The molecule has 6 heteroatoms. The summed E-state index contributed by atoms with van der Waals surface area (Å²) in [6, 6.07) is 17.7. The van der Waals surface area contributed by atoms with Crippen LogP contribution in [0.5, 0.6) is 0 Å².